The Morgan fingerprint density at radius 2 is 1.70 bits per heavy atom. The third-order valence-corrected chi connectivity index (χ3v) is 4.25. The molecule has 3 aromatic rings. The Hall–Kier alpha value is -2.29. The van der Waals surface area contributed by atoms with Crippen molar-refractivity contribution in [2.24, 2.45) is 0 Å². The van der Waals surface area contributed by atoms with Crippen LogP contribution in [0.15, 0.2) is 48.5 Å². The van der Waals surface area contributed by atoms with Gasteiger partial charge in [0.25, 0.3) is 0 Å². The predicted molar refractivity (Wildman–Crippen MR) is 98.9 cm³/mol. The Balaban J connectivity index is 1.86. The van der Waals surface area contributed by atoms with E-state index >= 15 is 0 Å². The largest absolute Gasteiger partial charge is 0.372 e. The summed E-state index contributed by atoms with van der Waals surface area (Å²) >= 11 is 0. The van der Waals surface area contributed by atoms with Gasteiger partial charge in [0.2, 0.25) is 0 Å². The molecule has 1 heterocycles. The number of aromatic amines is 1. The summed E-state index contributed by atoms with van der Waals surface area (Å²) in [5, 5.41) is 8.78. The molecule has 0 bridgehead atoms. The molecule has 3 rings (SSSR count). The molecule has 0 atom stereocenters. The number of para-hydroxylation sites is 1. The maximum absolute atomic E-state index is 4.49. The summed E-state index contributed by atoms with van der Waals surface area (Å²) in [6.07, 6.45) is 3.65. The number of aromatic nitrogens is 2. The van der Waals surface area contributed by atoms with Gasteiger partial charge in [-0.2, -0.15) is 5.10 Å². The normalized spacial score (nSPS) is 11.0. The number of anilines is 1. The molecule has 0 aliphatic carbocycles. The van der Waals surface area contributed by atoms with E-state index in [4.69, 9.17) is 0 Å². The highest BCUT2D eigenvalue weighted by atomic mass is 15.1. The minimum Gasteiger partial charge on any atom is -0.372 e. The van der Waals surface area contributed by atoms with E-state index in [2.05, 4.69) is 71.4 Å². The van der Waals surface area contributed by atoms with Crippen LogP contribution >= 0.6 is 0 Å². The molecular weight excluding hydrogens is 282 g/mol. The molecule has 3 nitrogen and oxygen atoms in total. The number of hydrogen-bond acceptors (Lipinski definition) is 2. The molecule has 23 heavy (non-hydrogen) atoms. The molecule has 3 heteroatoms. The second kappa shape index (κ2) is 7.32. The molecule has 2 aromatic carbocycles. The van der Waals surface area contributed by atoms with Gasteiger partial charge in [-0.25, -0.2) is 0 Å². The molecule has 0 fully saturated rings. The van der Waals surface area contributed by atoms with Crippen LogP contribution < -0.4 is 4.90 Å². The Labute approximate surface area is 138 Å². The average Bonchev–Trinajstić information content (AvgIpc) is 3.03. The maximum atomic E-state index is 4.49. The first-order valence-corrected chi connectivity index (χ1v) is 8.62. The fourth-order valence-corrected chi connectivity index (χ4v) is 3.00. The van der Waals surface area contributed by atoms with Crippen LogP contribution in [0.3, 0.4) is 0 Å². The van der Waals surface area contributed by atoms with Crippen LogP contribution in [0.25, 0.3) is 22.2 Å². The van der Waals surface area contributed by atoms with Gasteiger partial charge in [-0.3, -0.25) is 5.10 Å². The predicted octanol–water partition coefficient (Wildman–Crippen LogP) is 5.25. The van der Waals surface area contributed by atoms with Crippen molar-refractivity contribution in [3.63, 3.8) is 0 Å². The summed E-state index contributed by atoms with van der Waals surface area (Å²) in [7, 11) is 0. The summed E-state index contributed by atoms with van der Waals surface area (Å²) in [5.74, 6) is 0. The van der Waals surface area contributed by atoms with E-state index in [0.29, 0.717) is 0 Å². The van der Waals surface area contributed by atoms with Crippen molar-refractivity contribution in [2.45, 2.75) is 33.1 Å². The van der Waals surface area contributed by atoms with Crippen molar-refractivity contribution >= 4 is 16.6 Å². The number of benzene rings is 2. The number of rotatable bonds is 7. The van der Waals surface area contributed by atoms with Gasteiger partial charge in [-0.1, -0.05) is 50.6 Å². The zero-order valence-corrected chi connectivity index (χ0v) is 14.0. The van der Waals surface area contributed by atoms with E-state index in [1.165, 1.54) is 30.3 Å². The summed E-state index contributed by atoms with van der Waals surface area (Å²) in [6.45, 7) is 6.73. The van der Waals surface area contributed by atoms with E-state index in [1.807, 2.05) is 6.07 Å². The van der Waals surface area contributed by atoms with Crippen molar-refractivity contribution in [2.75, 3.05) is 18.0 Å². The Kier molecular flexibility index (Phi) is 4.96. The van der Waals surface area contributed by atoms with Crippen LogP contribution in [0.5, 0.6) is 0 Å². The number of nitrogens with zero attached hydrogens (tertiary/aromatic N) is 2. The Morgan fingerprint density at radius 3 is 2.43 bits per heavy atom. The van der Waals surface area contributed by atoms with Crippen molar-refractivity contribution in [3.05, 3.63) is 48.5 Å². The van der Waals surface area contributed by atoms with E-state index < -0.39 is 0 Å². The molecular formula is C20H25N3. The third kappa shape index (κ3) is 3.39. The first-order chi connectivity index (χ1) is 11.3. The lowest BCUT2D eigenvalue weighted by atomic mass is 10.1. The van der Waals surface area contributed by atoms with Crippen LogP contribution in [-0.2, 0) is 0 Å². The number of hydrogen-bond donors (Lipinski definition) is 1. The van der Waals surface area contributed by atoms with Crippen LogP contribution in [0.4, 0.5) is 5.69 Å². The lowest BCUT2D eigenvalue weighted by Crippen LogP contribution is -2.25. The van der Waals surface area contributed by atoms with Gasteiger partial charge < -0.3 is 4.90 Å². The minimum absolute atomic E-state index is 1.03. The van der Waals surface area contributed by atoms with Crippen LogP contribution in [0, 0.1) is 0 Å². The molecule has 1 N–H and O–H groups in total. The highest BCUT2D eigenvalue weighted by Crippen LogP contribution is 2.28. The zero-order chi connectivity index (χ0) is 16.1. The number of fused-ring (bicyclic) bond motifs is 1. The fourth-order valence-electron chi connectivity index (χ4n) is 3.00. The van der Waals surface area contributed by atoms with Gasteiger partial charge in [-0.05, 0) is 31.0 Å². The number of unbranched alkanes of at least 4 members (excludes halogenated alkanes) is 1. The van der Waals surface area contributed by atoms with Gasteiger partial charge in [0.1, 0.15) is 0 Å². The van der Waals surface area contributed by atoms with E-state index in [0.717, 1.165) is 29.9 Å². The summed E-state index contributed by atoms with van der Waals surface area (Å²) < 4.78 is 0. The molecule has 0 saturated heterocycles. The van der Waals surface area contributed by atoms with E-state index in [9.17, 15) is 0 Å². The number of H-pyrrole nitrogens is 1. The topological polar surface area (TPSA) is 31.9 Å². The van der Waals surface area contributed by atoms with E-state index in [1.54, 1.807) is 0 Å². The minimum atomic E-state index is 1.03. The highest BCUT2D eigenvalue weighted by molar-refractivity contribution is 5.92. The molecule has 0 aliphatic rings. The highest BCUT2D eigenvalue weighted by Gasteiger charge is 2.09. The number of nitrogens with one attached hydrogen (secondary N) is 1. The molecule has 1 aromatic heterocycles. The molecule has 0 aliphatic heterocycles. The van der Waals surface area contributed by atoms with Crippen LogP contribution in [0.2, 0.25) is 0 Å². The quantitative estimate of drug-likeness (QED) is 0.646. The summed E-state index contributed by atoms with van der Waals surface area (Å²) in [4.78, 5) is 2.48. The molecule has 0 unspecified atom stereocenters. The van der Waals surface area contributed by atoms with Gasteiger partial charge in [-0.15, -0.1) is 0 Å². The second-order valence-electron chi connectivity index (χ2n) is 6.01. The summed E-state index contributed by atoms with van der Waals surface area (Å²) in [5.41, 5.74) is 4.59. The monoisotopic (exact) mass is 307 g/mol. The summed E-state index contributed by atoms with van der Waals surface area (Å²) in [6, 6.07) is 17.1. The van der Waals surface area contributed by atoms with Gasteiger partial charge in [0.05, 0.1) is 11.2 Å². The fraction of sp³-hybridized carbons (Fsp3) is 0.350. The molecule has 0 saturated carbocycles. The van der Waals surface area contributed by atoms with E-state index in [-0.39, 0.29) is 0 Å². The first-order valence-electron chi connectivity index (χ1n) is 8.62. The Morgan fingerprint density at radius 1 is 0.913 bits per heavy atom. The first kappa shape index (κ1) is 15.6. The van der Waals surface area contributed by atoms with Crippen LogP contribution in [0.1, 0.15) is 33.1 Å². The van der Waals surface area contributed by atoms with Crippen molar-refractivity contribution < 1.29 is 0 Å². The molecule has 0 spiro atoms. The smallest absolute Gasteiger partial charge is 0.0999 e. The lowest BCUT2D eigenvalue weighted by Gasteiger charge is -2.24. The molecule has 0 amide bonds. The van der Waals surface area contributed by atoms with Crippen molar-refractivity contribution in [1.82, 2.24) is 10.2 Å². The second-order valence-corrected chi connectivity index (χ2v) is 6.01. The van der Waals surface area contributed by atoms with Crippen molar-refractivity contribution in [3.8, 4) is 11.3 Å². The maximum Gasteiger partial charge on any atom is 0.0999 e. The zero-order valence-electron chi connectivity index (χ0n) is 14.0. The lowest BCUT2D eigenvalue weighted by molar-refractivity contribution is 0.704. The molecule has 0 radical (unpaired) electrons. The third-order valence-electron chi connectivity index (χ3n) is 4.25. The van der Waals surface area contributed by atoms with Gasteiger partial charge >= 0.3 is 0 Å². The van der Waals surface area contributed by atoms with Gasteiger partial charge in [0, 0.05) is 29.7 Å². The SMILES string of the molecule is CCCCN(CCC)c1ccc(-c2n[nH]c3ccccc23)cc1. The Bertz CT molecular complexity index is 743. The van der Waals surface area contributed by atoms with Crippen molar-refractivity contribution in [1.29, 1.82) is 0 Å². The molecule has 120 valence electrons. The average molecular weight is 307 g/mol. The van der Waals surface area contributed by atoms with Crippen LogP contribution in [-0.4, -0.2) is 23.3 Å². The standard InChI is InChI=1S/C20H25N3/c1-3-5-15-23(14-4-2)17-12-10-16(11-13-17)20-18-8-6-7-9-19(18)21-22-20/h6-13H,3-5,14-15H2,1-2H3,(H,21,22). The van der Waals surface area contributed by atoms with Gasteiger partial charge in [0.15, 0.2) is 0 Å².